The van der Waals surface area contributed by atoms with Gasteiger partial charge in [0, 0.05) is 25.7 Å². The average molecular weight is 1420 g/mol. The van der Waals surface area contributed by atoms with E-state index in [4.69, 9.17) is 37.0 Å². The maximum Gasteiger partial charge on any atom is 0.472 e. The predicted octanol–water partition coefficient (Wildman–Crippen LogP) is 22.0. The zero-order chi connectivity index (χ0) is 71.8. The smallest absolute Gasteiger partial charge is 0.462 e. The van der Waals surface area contributed by atoms with E-state index in [9.17, 15) is 43.2 Å². The molecule has 0 radical (unpaired) electrons. The third kappa shape index (κ3) is 70.4. The second-order valence-corrected chi connectivity index (χ2v) is 28.4. The van der Waals surface area contributed by atoms with Crippen LogP contribution in [-0.4, -0.2) is 96.7 Å². The number of rotatable bonds is 72. The molecule has 0 aliphatic rings. The summed E-state index contributed by atoms with van der Waals surface area (Å²) in [6.07, 6.45) is 73.9. The molecule has 0 aromatic carbocycles. The molecule has 0 saturated carbocycles. The maximum atomic E-state index is 13.1. The van der Waals surface area contributed by atoms with E-state index < -0.39 is 97.5 Å². The van der Waals surface area contributed by atoms with Gasteiger partial charge in [0.2, 0.25) is 0 Å². The molecule has 0 aromatic rings. The quantitative estimate of drug-likeness (QED) is 0.0169. The Labute approximate surface area is 595 Å². The second kappa shape index (κ2) is 71.4. The predicted molar refractivity (Wildman–Crippen MR) is 399 cm³/mol. The lowest BCUT2D eigenvalue weighted by atomic mass is 10.1. The largest absolute Gasteiger partial charge is 0.472 e. The van der Waals surface area contributed by atoms with Crippen molar-refractivity contribution in [2.75, 3.05) is 39.6 Å². The number of phosphoric ester groups is 2. The van der Waals surface area contributed by atoms with Gasteiger partial charge in [-0.2, -0.15) is 0 Å². The summed E-state index contributed by atoms with van der Waals surface area (Å²) < 4.78 is 68.5. The highest BCUT2D eigenvalue weighted by molar-refractivity contribution is 7.47. The third-order valence-electron chi connectivity index (χ3n) is 16.0. The molecule has 0 rings (SSSR count). The highest BCUT2D eigenvalue weighted by atomic mass is 31.2. The SMILES string of the molecule is CC/C=C\C/C=C\C/C=C\CCCCCCCCCC(=O)OCC(COP(=O)(O)OCC(O)COP(=O)(O)OCC(COC(=O)CCCCCCC/C=C\C/C=C\CCC)OC(=O)CCCCCCCCCCCCC)OC(=O)CCCCCCCCC/C=C\C/C=C\C/C=C\CC. The third-order valence-corrected chi connectivity index (χ3v) is 17.9. The number of aliphatic hydroxyl groups excluding tert-OH is 1. The Kier molecular flexibility index (Phi) is 68.4. The minimum atomic E-state index is -4.98. The maximum absolute atomic E-state index is 13.1. The molecule has 0 aromatic heterocycles. The van der Waals surface area contributed by atoms with Gasteiger partial charge in [0.1, 0.15) is 19.3 Å². The number of hydrogen-bond donors (Lipinski definition) is 3. The van der Waals surface area contributed by atoms with E-state index in [1.807, 2.05) is 0 Å². The van der Waals surface area contributed by atoms with Gasteiger partial charge in [-0.1, -0.05) is 279 Å². The minimum Gasteiger partial charge on any atom is -0.462 e. The van der Waals surface area contributed by atoms with Crippen LogP contribution in [-0.2, 0) is 65.4 Å². The van der Waals surface area contributed by atoms with Crippen LogP contribution in [0.2, 0.25) is 0 Å². The number of carbonyl (C=O) groups excluding carboxylic acids is 4. The number of aliphatic hydroxyl groups is 1. The molecule has 0 bridgehead atoms. The number of phosphoric acid groups is 2. The molecule has 0 fully saturated rings. The van der Waals surface area contributed by atoms with Crippen LogP contribution < -0.4 is 0 Å². The van der Waals surface area contributed by atoms with Crippen LogP contribution in [0.15, 0.2) is 97.2 Å². The molecule has 17 nitrogen and oxygen atoms in total. The molecule has 98 heavy (non-hydrogen) atoms. The molecule has 0 saturated heterocycles. The zero-order valence-electron chi connectivity index (χ0n) is 61.7. The van der Waals surface area contributed by atoms with Gasteiger partial charge in [0.25, 0.3) is 0 Å². The Morgan fingerprint density at radius 1 is 0.296 bits per heavy atom. The molecule has 0 aliphatic heterocycles. The van der Waals surface area contributed by atoms with E-state index in [1.54, 1.807) is 0 Å². The van der Waals surface area contributed by atoms with Crippen LogP contribution in [0.1, 0.15) is 323 Å². The van der Waals surface area contributed by atoms with Crippen LogP contribution in [0.5, 0.6) is 0 Å². The molecule has 5 unspecified atom stereocenters. The van der Waals surface area contributed by atoms with Gasteiger partial charge in [-0.25, -0.2) is 9.13 Å². The molecular formula is C79H138O17P2. The minimum absolute atomic E-state index is 0.0814. The van der Waals surface area contributed by atoms with E-state index in [2.05, 4.69) is 125 Å². The van der Waals surface area contributed by atoms with Crippen molar-refractivity contribution < 1.29 is 80.2 Å². The summed E-state index contributed by atoms with van der Waals surface area (Å²) in [6, 6.07) is 0. The summed E-state index contributed by atoms with van der Waals surface area (Å²) in [5.74, 6) is -2.20. The second-order valence-electron chi connectivity index (χ2n) is 25.5. The molecule has 0 spiro atoms. The number of esters is 4. The van der Waals surface area contributed by atoms with E-state index in [-0.39, 0.29) is 25.7 Å². The van der Waals surface area contributed by atoms with Crippen LogP contribution in [0.3, 0.4) is 0 Å². The fourth-order valence-corrected chi connectivity index (χ4v) is 11.8. The zero-order valence-corrected chi connectivity index (χ0v) is 63.5. The first-order chi connectivity index (χ1) is 47.7. The summed E-state index contributed by atoms with van der Waals surface area (Å²) in [5, 5.41) is 10.6. The number of unbranched alkanes of at least 4 members (excludes halogenated alkanes) is 30. The molecule has 5 atom stereocenters. The Morgan fingerprint density at radius 2 is 0.551 bits per heavy atom. The van der Waals surface area contributed by atoms with E-state index in [0.29, 0.717) is 25.7 Å². The molecule has 0 heterocycles. The summed E-state index contributed by atoms with van der Waals surface area (Å²) in [7, 11) is -9.95. The fraction of sp³-hybridized carbons (Fsp3) is 0.747. The highest BCUT2D eigenvalue weighted by Crippen LogP contribution is 2.45. The van der Waals surface area contributed by atoms with Gasteiger partial charge < -0.3 is 33.8 Å². The van der Waals surface area contributed by atoms with Crippen LogP contribution in [0, 0.1) is 0 Å². The molecule has 566 valence electrons. The summed E-state index contributed by atoms with van der Waals surface area (Å²) in [4.78, 5) is 72.8. The summed E-state index contributed by atoms with van der Waals surface area (Å²) >= 11 is 0. The lowest BCUT2D eigenvalue weighted by Crippen LogP contribution is -2.30. The topological polar surface area (TPSA) is 237 Å². The number of ether oxygens (including phenoxy) is 4. The highest BCUT2D eigenvalue weighted by Gasteiger charge is 2.30. The molecule has 19 heteroatoms. The number of hydrogen-bond acceptors (Lipinski definition) is 15. The van der Waals surface area contributed by atoms with Crippen LogP contribution >= 0.6 is 15.6 Å². The van der Waals surface area contributed by atoms with Crippen molar-refractivity contribution in [3.05, 3.63) is 97.2 Å². The Bertz CT molecular complexity index is 2240. The molecular weight excluding hydrogens is 1280 g/mol. The fourth-order valence-electron chi connectivity index (χ4n) is 10.2. The molecule has 0 aliphatic carbocycles. The first-order valence-corrected chi connectivity index (χ1v) is 41.5. The monoisotopic (exact) mass is 1420 g/mol. The van der Waals surface area contributed by atoms with Gasteiger partial charge in [-0.15, -0.1) is 0 Å². The van der Waals surface area contributed by atoms with Gasteiger partial charge in [-0.05, 0) is 116 Å². The van der Waals surface area contributed by atoms with E-state index >= 15 is 0 Å². The van der Waals surface area contributed by atoms with Crippen molar-refractivity contribution in [2.24, 2.45) is 0 Å². The lowest BCUT2D eigenvalue weighted by molar-refractivity contribution is -0.161. The van der Waals surface area contributed by atoms with Crippen molar-refractivity contribution in [3.8, 4) is 0 Å². The van der Waals surface area contributed by atoms with Crippen molar-refractivity contribution in [2.45, 2.75) is 341 Å². The summed E-state index contributed by atoms with van der Waals surface area (Å²) in [6.45, 7) is 4.57. The van der Waals surface area contributed by atoms with Crippen molar-refractivity contribution in [1.82, 2.24) is 0 Å². The first kappa shape index (κ1) is 94.0. The Morgan fingerprint density at radius 3 is 0.857 bits per heavy atom. The van der Waals surface area contributed by atoms with Crippen molar-refractivity contribution in [1.29, 1.82) is 0 Å². The Balaban J connectivity index is 5.34. The van der Waals surface area contributed by atoms with Crippen LogP contribution in [0.25, 0.3) is 0 Å². The van der Waals surface area contributed by atoms with E-state index in [1.165, 1.54) is 38.5 Å². The van der Waals surface area contributed by atoms with Crippen LogP contribution in [0.4, 0.5) is 0 Å². The lowest BCUT2D eigenvalue weighted by Gasteiger charge is -2.21. The Hall–Kier alpha value is -4.02. The average Bonchev–Trinajstić information content (AvgIpc) is 0.980. The molecule has 0 amide bonds. The van der Waals surface area contributed by atoms with Gasteiger partial charge >= 0.3 is 39.5 Å². The number of carbonyl (C=O) groups is 4. The van der Waals surface area contributed by atoms with Gasteiger partial charge in [0.15, 0.2) is 12.2 Å². The normalized spacial score (nSPS) is 14.5. The first-order valence-electron chi connectivity index (χ1n) is 38.5. The summed E-state index contributed by atoms with van der Waals surface area (Å²) in [5.41, 5.74) is 0. The molecule has 3 N–H and O–H groups in total. The number of allylic oxidation sites excluding steroid dienone is 16. The van der Waals surface area contributed by atoms with Gasteiger partial charge in [0.05, 0.1) is 26.4 Å². The van der Waals surface area contributed by atoms with Crippen molar-refractivity contribution >= 4 is 39.5 Å². The standard InChI is InChI=1S/C79H138O17P2/c1-5-9-13-17-21-25-29-32-34-36-38-41-45-48-52-56-60-64-77(82)90-70-75(96-79(84)66-62-58-54-50-46-42-39-37-35-33-30-26-22-18-14-10-6-2)72-94-98(87,88)92-68-73(80)67-91-97(85,86)93-71-74(95-78(83)65-61-57-53-49-43-28-24-20-16-12-8-4)69-89-76(81)63-59-55-51-47-44-40-31-27-23-19-15-11-7-3/h9-10,13-15,19,21-22,25-27,31-35,73-75,80H,5-8,11-12,16-18,20,23-24,28-30,36-72H2,1-4H3,(H,85,86)(H,87,88)/b13-9-,14-10-,19-15-,25-21-,26-22-,31-27-,34-32-,35-33-. The van der Waals surface area contributed by atoms with Gasteiger partial charge in [-0.3, -0.25) is 37.3 Å². The van der Waals surface area contributed by atoms with E-state index in [0.717, 1.165) is 205 Å². The van der Waals surface area contributed by atoms with Crippen molar-refractivity contribution in [3.63, 3.8) is 0 Å².